The summed E-state index contributed by atoms with van der Waals surface area (Å²) in [6.07, 6.45) is 9.34. The number of aryl methyl sites for hydroxylation is 1. The van der Waals surface area contributed by atoms with Crippen LogP contribution in [0.25, 0.3) is 44.7 Å². The van der Waals surface area contributed by atoms with Crippen LogP contribution in [0.3, 0.4) is 0 Å². The van der Waals surface area contributed by atoms with Gasteiger partial charge in [0.25, 0.3) is 0 Å². The molecule has 0 aromatic carbocycles. The molecule has 0 amide bonds. The van der Waals surface area contributed by atoms with Crippen LogP contribution in [0.2, 0.25) is 0 Å². The number of hydrogen-bond donors (Lipinski definition) is 1. The molecule has 0 aliphatic heterocycles. The lowest BCUT2D eigenvalue weighted by molar-refractivity contribution is 0.638. The van der Waals surface area contributed by atoms with Crippen LogP contribution in [0, 0.1) is 5.82 Å². The number of nitrogens with zero attached hydrogens (tertiary/aromatic N) is 7. The van der Waals surface area contributed by atoms with Crippen LogP contribution in [0.1, 0.15) is 0 Å². The summed E-state index contributed by atoms with van der Waals surface area (Å²) >= 11 is 0. The number of aromatic amines is 1. The number of H-pyrrole nitrogens is 1. The molecule has 0 atom stereocenters. The van der Waals surface area contributed by atoms with Crippen molar-refractivity contribution in [2.24, 2.45) is 7.05 Å². The molecule has 0 saturated heterocycles. The predicted octanol–water partition coefficient (Wildman–Crippen LogP) is 2.50. The van der Waals surface area contributed by atoms with Crippen molar-refractivity contribution in [3.63, 3.8) is 0 Å². The summed E-state index contributed by atoms with van der Waals surface area (Å²) in [5.41, 5.74) is 3.14. The van der Waals surface area contributed by atoms with Crippen molar-refractivity contribution in [3.05, 3.63) is 49.2 Å². The van der Waals surface area contributed by atoms with E-state index in [4.69, 9.17) is 0 Å². The first-order valence-electron chi connectivity index (χ1n) is 7.79. The number of rotatable bonds is 2. The summed E-state index contributed by atoms with van der Waals surface area (Å²) in [5, 5.41) is 4.78. The van der Waals surface area contributed by atoms with Crippen molar-refractivity contribution >= 4 is 21.9 Å². The molecule has 0 unspecified atom stereocenters. The van der Waals surface area contributed by atoms with Gasteiger partial charge in [-0.3, -0.25) is 14.6 Å². The van der Waals surface area contributed by atoms with Gasteiger partial charge in [0.2, 0.25) is 0 Å². The molecule has 0 bridgehead atoms. The fourth-order valence-electron chi connectivity index (χ4n) is 2.96. The second-order valence-electron chi connectivity index (χ2n) is 5.76. The highest BCUT2D eigenvalue weighted by molar-refractivity contribution is 5.95. The lowest BCUT2D eigenvalue weighted by Gasteiger charge is -2.03. The molecule has 0 aliphatic rings. The third-order valence-electron chi connectivity index (χ3n) is 4.18. The van der Waals surface area contributed by atoms with Gasteiger partial charge in [-0.25, -0.2) is 19.3 Å². The Labute approximate surface area is 145 Å². The summed E-state index contributed by atoms with van der Waals surface area (Å²) in [6.45, 7) is 0. The minimum absolute atomic E-state index is 0.171. The lowest BCUT2D eigenvalue weighted by Crippen LogP contribution is -1.94. The molecule has 0 saturated carbocycles. The number of fused-ring (bicyclic) bond motifs is 2. The molecule has 0 radical (unpaired) electrons. The lowest BCUT2D eigenvalue weighted by atomic mass is 10.1. The van der Waals surface area contributed by atoms with Gasteiger partial charge in [0, 0.05) is 31.2 Å². The Morgan fingerprint density at radius 2 is 1.88 bits per heavy atom. The fraction of sp³-hybridized carbons (Fsp3) is 0.0588. The van der Waals surface area contributed by atoms with Gasteiger partial charge in [-0.05, 0) is 6.07 Å². The van der Waals surface area contributed by atoms with E-state index in [2.05, 4.69) is 35.0 Å². The Bertz CT molecular complexity index is 1230. The highest BCUT2D eigenvalue weighted by Gasteiger charge is 2.21. The predicted molar refractivity (Wildman–Crippen MR) is 92.4 cm³/mol. The molecule has 9 heteroatoms. The first-order chi connectivity index (χ1) is 12.7. The van der Waals surface area contributed by atoms with Crippen molar-refractivity contribution in [1.82, 2.24) is 39.7 Å². The first kappa shape index (κ1) is 14.6. The average Bonchev–Trinajstić information content (AvgIpc) is 3.24. The quantitative estimate of drug-likeness (QED) is 0.527. The third kappa shape index (κ3) is 2.07. The van der Waals surface area contributed by atoms with Crippen LogP contribution in [0.5, 0.6) is 0 Å². The average molecular weight is 346 g/mol. The molecule has 5 rings (SSSR count). The molecule has 0 spiro atoms. The van der Waals surface area contributed by atoms with Crippen molar-refractivity contribution in [3.8, 4) is 22.8 Å². The summed E-state index contributed by atoms with van der Waals surface area (Å²) < 4.78 is 16.9. The monoisotopic (exact) mass is 346 g/mol. The molecule has 26 heavy (non-hydrogen) atoms. The molecular formula is C17H11FN8. The van der Waals surface area contributed by atoms with E-state index < -0.39 is 5.82 Å². The normalized spacial score (nSPS) is 11.5. The molecule has 5 aromatic heterocycles. The van der Waals surface area contributed by atoms with E-state index in [1.54, 1.807) is 36.4 Å². The van der Waals surface area contributed by atoms with E-state index in [9.17, 15) is 0 Å². The zero-order valence-electron chi connectivity index (χ0n) is 13.5. The van der Waals surface area contributed by atoms with Gasteiger partial charge in [0.15, 0.2) is 11.6 Å². The second-order valence-corrected chi connectivity index (χ2v) is 5.76. The van der Waals surface area contributed by atoms with Crippen LogP contribution in [0.4, 0.5) is 4.39 Å². The van der Waals surface area contributed by atoms with E-state index in [1.165, 1.54) is 18.7 Å². The van der Waals surface area contributed by atoms with Gasteiger partial charge in [-0.15, -0.1) is 0 Å². The Kier molecular flexibility index (Phi) is 3.02. The maximum atomic E-state index is 15.3. The Balaban J connectivity index is 1.80. The van der Waals surface area contributed by atoms with Gasteiger partial charge in [0.05, 0.1) is 34.3 Å². The molecule has 126 valence electrons. The van der Waals surface area contributed by atoms with E-state index in [0.29, 0.717) is 28.0 Å². The molecular weight excluding hydrogens is 335 g/mol. The van der Waals surface area contributed by atoms with Gasteiger partial charge < -0.3 is 4.98 Å². The van der Waals surface area contributed by atoms with Crippen LogP contribution in [0.15, 0.2) is 43.4 Å². The summed E-state index contributed by atoms with van der Waals surface area (Å²) in [4.78, 5) is 23.8. The molecule has 0 aliphatic carbocycles. The van der Waals surface area contributed by atoms with Crippen LogP contribution in [-0.4, -0.2) is 39.7 Å². The number of pyridine rings is 2. The highest BCUT2D eigenvalue weighted by atomic mass is 19.1. The topological polar surface area (TPSA) is 98.1 Å². The Hall–Kier alpha value is -3.75. The second kappa shape index (κ2) is 5.38. The van der Waals surface area contributed by atoms with Crippen LogP contribution < -0.4 is 0 Å². The minimum Gasteiger partial charge on any atom is -0.335 e. The van der Waals surface area contributed by atoms with Gasteiger partial charge >= 0.3 is 0 Å². The summed E-state index contributed by atoms with van der Waals surface area (Å²) in [5.74, 6) is -0.0158. The maximum absolute atomic E-state index is 15.3. The van der Waals surface area contributed by atoms with Crippen LogP contribution >= 0.6 is 0 Å². The largest absolute Gasteiger partial charge is 0.335 e. The highest BCUT2D eigenvalue weighted by Crippen LogP contribution is 2.32. The number of halogens is 1. The Morgan fingerprint density at radius 3 is 2.69 bits per heavy atom. The summed E-state index contributed by atoms with van der Waals surface area (Å²) in [7, 11) is 1.74. The molecule has 5 aromatic rings. The first-order valence-corrected chi connectivity index (χ1v) is 7.79. The van der Waals surface area contributed by atoms with Gasteiger partial charge in [-0.2, -0.15) is 5.10 Å². The Morgan fingerprint density at radius 1 is 1.04 bits per heavy atom. The van der Waals surface area contributed by atoms with Gasteiger partial charge in [0.1, 0.15) is 17.7 Å². The summed E-state index contributed by atoms with van der Waals surface area (Å²) in [6, 6.07) is 1.78. The number of nitrogens with one attached hydrogen (secondary N) is 1. The fourth-order valence-corrected chi connectivity index (χ4v) is 2.96. The van der Waals surface area contributed by atoms with E-state index >= 15 is 4.39 Å². The molecule has 0 fully saturated rings. The van der Waals surface area contributed by atoms with Crippen molar-refractivity contribution < 1.29 is 4.39 Å². The van der Waals surface area contributed by atoms with E-state index in [0.717, 1.165) is 11.0 Å². The van der Waals surface area contributed by atoms with Crippen molar-refractivity contribution in [1.29, 1.82) is 0 Å². The van der Waals surface area contributed by atoms with Gasteiger partial charge in [-0.1, -0.05) is 0 Å². The molecule has 5 heterocycles. The standard InChI is InChI=1S/C17H11FN8/c1-26-12-7-22-15(9-4-20-8-21-5-9)14(18)13(12)16(25-26)17-23-10-2-3-19-6-11(10)24-17/h2-8H,1H3,(H,23,24). The van der Waals surface area contributed by atoms with E-state index in [-0.39, 0.29) is 5.69 Å². The smallest absolute Gasteiger partial charge is 0.161 e. The maximum Gasteiger partial charge on any atom is 0.161 e. The zero-order valence-corrected chi connectivity index (χ0v) is 13.5. The third-order valence-corrected chi connectivity index (χ3v) is 4.18. The number of imidazole rings is 1. The molecule has 8 nitrogen and oxygen atoms in total. The van der Waals surface area contributed by atoms with Crippen LogP contribution in [-0.2, 0) is 7.05 Å². The van der Waals surface area contributed by atoms with E-state index in [1.807, 2.05) is 0 Å². The molecule has 1 N–H and O–H groups in total. The minimum atomic E-state index is -0.487. The number of hydrogen-bond acceptors (Lipinski definition) is 6. The number of aromatic nitrogens is 8. The van der Waals surface area contributed by atoms with Crippen molar-refractivity contribution in [2.75, 3.05) is 0 Å². The SMILES string of the molecule is Cn1nc(-c2nc3ccncc3[nH]2)c2c(F)c(-c3cncnc3)ncc21. The zero-order chi connectivity index (χ0) is 17.7. The van der Waals surface area contributed by atoms with Crippen molar-refractivity contribution in [2.45, 2.75) is 0 Å².